The van der Waals surface area contributed by atoms with Crippen LogP contribution < -0.4 is 15.4 Å². The highest BCUT2D eigenvalue weighted by molar-refractivity contribution is 5.96. The number of nitrogens with zero attached hydrogens (tertiary/aromatic N) is 1. The van der Waals surface area contributed by atoms with Gasteiger partial charge < -0.3 is 15.4 Å². The van der Waals surface area contributed by atoms with Gasteiger partial charge in [-0.25, -0.2) is 0 Å². The second kappa shape index (κ2) is 9.97. The number of carbonyl (C=O) groups excluding carboxylic acids is 1. The highest BCUT2D eigenvalue weighted by atomic mass is 35.5. The van der Waals surface area contributed by atoms with E-state index < -0.39 is 0 Å². The molecule has 0 unspecified atom stereocenters. The maximum Gasteiger partial charge on any atom is 0.195 e. The minimum atomic E-state index is 0. The Morgan fingerprint density at radius 1 is 1.15 bits per heavy atom. The molecular formula is C21H26ClN3O2. The minimum absolute atomic E-state index is 0. The molecule has 2 N–H and O–H groups in total. The van der Waals surface area contributed by atoms with Gasteiger partial charge in [-0.15, -0.1) is 12.4 Å². The molecule has 0 aromatic heterocycles. The molecule has 1 aliphatic rings. The zero-order chi connectivity index (χ0) is 18.4. The molecule has 0 saturated carbocycles. The van der Waals surface area contributed by atoms with Gasteiger partial charge in [-0.2, -0.15) is 0 Å². The highest BCUT2D eigenvalue weighted by Crippen LogP contribution is 2.17. The van der Waals surface area contributed by atoms with Gasteiger partial charge in [0.25, 0.3) is 0 Å². The van der Waals surface area contributed by atoms with Crippen LogP contribution in [0, 0.1) is 0 Å². The van der Waals surface area contributed by atoms with Gasteiger partial charge in [0.15, 0.2) is 11.7 Å². The number of anilines is 1. The van der Waals surface area contributed by atoms with Gasteiger partial charge in [-0.1, -0.05) is 12.1 Å². The summed E-state index contributed by atoms with van der Waals surface area (Å²) in [6.45, 7) is 5.66. The first-order chi connectivity index (χ1) is 12.6. The number of guanidine groups is 1. The summed E-state index contributed by atoms with van der Waals surface area (Å²) in [5.74, 6) is 1.76. The van der Waals surface area contributed by atoms with Crippen LogP contribution in [0.15, 0.2) is 53.5 Å². The summed E-state index contributed by atoms with van der Waals surface area (Å²) in [5.41, 5.74) is 2.86. The number of aryl methyl sites for hydroxylation is 1. The molecule has 6 heteroatoms. The van der Waals surface area contributed by atoms with Crippen molar-refractivity contribution in [2.24, 2.45) is 4.99 Å². The first-order valence-electron chi connectivity index (χ1n) is 9.04. The predicted octanol–water partition coefficient (Wildman–Crippen LogP) is 4.08. The summed E-state index contributed by atoms with van der Waals surface area (Å²) in [6, 6.07) is 15.5. The van der Waals surface area contributed by atoms with Crippen molar-refractivity contribution in [1.29, 1.82) is 0 Å². The fourth-order valence-corrected chi connectivity index (χ4v) is 2.77. The van der Waals surface area contributed by atoms with Crippen molar-refractivity contribution in [2.45, 2.75) is 32.8 Å². The first-order valence-corrected chi connectivity index (χ1v) is 9.04. The molecule has 1 heterocycles. The molecule has 2 aromatic rings. The molecule has 27 heavy (non-hydrogen) atoms. The molecule has 0 fully saturated rings. The molecule has 0 aliphatic carbocycles. The first kappa shape index (κ1) is 20.8. The number of ether oxygens (including phenoxy) is 1. The molecule has 0 radical (unpaired) electrons. The summed E-state index contributed by atoms with van der Waals surface area (Å²) < 4.78 is 5.61. The summed E-state index contributed by atoms with van der Waals surface area (Å²) in [6.07, 6.45) is 1.35. The number of hydrogen-bond acceptors (Lipinski definition) is 5. The largest absolute Gasteiger partial charge is 0.491 e. The van der Waals surface area contributed by atoms with Crippen LogP contribution in [0.25, 0.3) is 0 Å². The van der Waals surface area contributed by atoms with Crippen LogP contribution in [0.3, 0.4) is 0 Å². The van der Waals surface area contributed by atoms with Crippen molar-refractivity contribution < 1.29 is 9.53 Å². The lowest BCUT2D eigenvalue weighted by molar-refractivity contribution is 0.0983. The van der Waals surface area contributed by atoms with Gasteiger partial charge >= 0.3 is 0 Å². The molecule has 0 amide bonds. The molecule has 144 valence electrons. The van der Waals surface area contributed by atoms with Gasteiger partial charge in [0.1, 0.15) is 5.75 Å². The predicted molar refractivity (Wildman–Crippen MR) is 112 cm³/mol. The zero-order valence-electron chi connectivity index (χ0n) is 15.7. The number of rotatable bonds is 7. The zero-order valence-corrected chi connectivity index (χ0v) is 16.5. The molecule has 0 bridgehead atoms. The third kappa shape index (κ3) is 6.29. The maximum atomic E-state index is 12.4. The lowest BCUT2D eigenvalue weighted by Gasteiger charge is -2.10. The van der Waals surface area contributed by atoms with Crippen molar-refractivity contribution in [3.05, 3.63) is 59.7 Å². The fraction of sp³-hybridized carbons (Fsp3) is 0.333. The maximum absolute atomic E-state index is 12.4. The Morgan fingerprint density at radius 3 is 2.44 bits per heavy atom. The van der Waals surface area contributed by atoms with Crippen molar-refractivity contribution in [2.75, 3.05) is 18.4 Å². The molecule has 2 aromatic carbocycles. The Kier molecular flexibility index (Phi) is 7.67. The number of Topliss-reactive ketones (excluding diaryl/α,β-unsaturated/α-hetero) is 1. The summed E-state index contributed by atoms with van der Waals surface area (Å²) >= 11 is 0. The number of nitrogens with one attached hydrogen (secondary N) is 2. The van der Waals surface area contributed by atoms with Crippen LogP contribution in [0.4, 0.5) is 5.69 Å². The molecule has 0 atom stereocenters. The van der Waals surface area contributed by atoms with Crippen LogP contribution in [0.5, 0.6) is 5.75 Å². The van der Waals surface area contributed by atoms with Crippen LogP contribution in [0.1, 0.15) is 36.2 Å². The Bertz CT molecular complexity index is 771. The van der Waals surface area contributed by atoms with Gasteiger partial charge in [0, 0.05) is 24.2 Å². The van der Waals surface area contributed by atoms with Crippen molar-refractivity contribution >= 4 is 29.8 Å². The van der Waals surface area contributed by atoms with E-state index in [1.54, 1.807) is 0 Å². The summed E-state index contributed by atoms with van der Waals surface area (Å²) in [7, 11) is 0. The smallest absolute Gasteiger partial charge is 0.195 e. The number of hydrogen-bond donors (Lipinski definition) is 2. The van der Waals surface area contributed by atoms with E-state index in [0.29, 0.717) is 6.42 Å². The highest BCUT2D eigenvalue weighted by Gasteiger charge is 2.08. The Balaban J connectivity index is 0.00000261. The second-order valence-corrected chi connectivity index (χ2v) is 6.59. The Labute approximate surface area is 166 Å². The number of ketones is 1. The monoisotopic (exact) mass is 387 g/mol. The van der Waals surface area contributed by atoms with Gasteiger partial charge in [0.05, 0.1) is 12.6 Å². The van der Waals surface area contributed by atoms with Crippen LogP contribution in [-0.4, -0.2) is 30.9 Å². The molecule has 0 saturated heterocycles. The average Bonchev–Trinajstić information content (AvgIpc) is 3.14. The molecule has 5 nitrogen and oxygen atoms in total. The second-order valence-electron chi connectivity index (χ2n) is 6.59. The van der Waals surface area contributed by atoms with Gasteiger partial charge in [-0.3, -0.25) is 9.79 Å². The van der Waals surface area contributed by atoms with E-state index in [2.05, 4.69) is 15.6 Å². The van der Waals surface area contributed by atoms with E-state index in [4.69, 9.17) is 4.74 Å². The molecular weight excluding hydrogens is 362 g/mol. The normalized spacial score (nSPS) is 12.8. The minimum Gasteiger partial charge on any atom is -0.491 e. The quantitative estimate of drug-likeness (QED) is 0.702. The number of benzene rings is 2. The van der Waals surface area contributed by atoms with Crippen molar-refractivity contribution in [1.82, 2.24) is 5.32 Å². The van der Waals surface area contributed by atoms with E-state index in [9.17, 15) is 4.79 Å². The van der Waals surface area contributed by atoms with E-state index in [1.165, 1.54) is 0 Å². The number of carbonyl (C=O) groups is 1. The molecule has 1 aliphatic heterocycles. The summed E-state index contributed by atoms with van der Waals surface area (Å²) in [5, 5.41) is 6.41. The third-order valence-corrected chi connectivity index (χ3v) is 4.08. The lowest BCUT2D eigenvalue weighted by Crippen LogP contribution is -2.26. The Morgan fingerprint density at radius 2 is 1.85 bits per heavy atom. The van der Waals surface area contributed by atoms with E-state index in [-0.39, 0.29) is 24.3 Å². The number of halogens is 1. The topological polar surface area (TPSA) is 62.7 Å². The van der Waals surface area contributed by atoms with Crippen LogP contribution in [0.2, 0.25) is 0 Å². The van der Waals surface area contributed by atoms with Gasteiger partial charge in [-0.05, 0) is 62.2 Å². The molecule has 3 rings (SSSR count). The third-order valence-electron chi connectivity index (χ3n) is 4.08. The standard InChI is InChI=1S/C21H25N3O2.ClH/c1-15(2)26-19-10-6-17(7-11-19)20(25)12-5-16-3-8-18(9-4-16)24-21-22-13-14-23-21;/h3-4,6-11,15H,5,12-14H2,1-2H3,(H2,22,23,24);1H. The number of aliphatic imine (C=N–C) groups is 1. The fourth-order valence-electron chi connectivity index (χ4n) is 2.77. The van der Waals surface area contributed by atoms with Gasteiger partial charge in [0.2, 0.25) is 0 Å². The van der Waals surface area contributed by atoms with Crippen LogP contribution >= 0.6 is 12.4 Å². The van der Waals surface area contributed by atoms with E-state index in [0.717, 1.165) is 48.0 Å². The van der Waals surface area contributed by atoms with Crippen LogP contribution in [-0.2, 0) is 6.42 Å². The van der Waals surface area contributed by atoms with E-state index >= 15 is 0 Å². The average molecular weight is 388 g/mol. The van der Waals surface area contributed by atoms with Crippen molar-refractivity contribution in [3.63, 3.8) is 0 Å². The summed E-state index contributed by atoms with van der Waals surface area (Å²) in [4.78, 5) is 16.7. The Hall–Kier alpha value is -2.53. The van der Waals surface area contributed by atoms with Crippen molar-refractivity contribution in [3.8, 4) is 5.75 Å². The van der Waals surface area contributed by atoms with E-state index in [1.807, 2.05) is 62.4 Å². The molecule has 0 spiro atoms. The lowest BCUT2D eigenvalue weighted by atomic mass is 10.0. The SMILES string of the molecule is CC(C)Oc1ccc(C(=O)CCc2ccc(NC3=NCCN3)cc2)cc1.Cl.